The number of hydrogen-bond acceptors (Lipinski definition) is 5. The van der Waals surface area contributed by atoms with E-state index in [9.17, 15) is 9.18 Å². The molecule has 1 unspecified atom stereocenters. The number of anilines is 1. The fourth-order valence-corrected chi connectivity index (χ4v) is 6.32. The average Bonchev–Trinajstić information content (AvgIpc) is 3.33. The summed E-state index contributed by atoms with van der Waals surface area (Å²) in [7, 11) is 0. The van der Waals surface area contributed by atoms with Gasteiger partial charge in [-0.25, -0.2) is 9.37 Å². The maximum atomic E-state index is 13.6. The van der Waals surface area contributed by atoms with Crippen molar-refractivity contribution in [2.75, 3.05) is 24.6 Å². The van der Waals surface area contributed by atoms with Crippen LogP contribution in [-0.4, -0.2) is 35.8 Å². The van der Waals surface area contributed by atoms with Crippen LogP contribution in [0.5, 0.6) is 5.75 Å². The molecule has 1 atom stereocenters. The largest absolute Gasteiger partial charge is 0.494 e. The molecule has 2 heterocycles. The summed E-state index contributed by atoms with van der Waals surface area (Å²) in [6, 6.07) is 11.8. The number of hydrogen-bond donors (Lipinski definition) is 1. The van der Waals surface area contributed by atoms with Gasteiger partial charge >= 0.3 is 5.97 Å². The number of carboxylic acids is 1. The van der Waals surface area contributed by atoms with Gasteiger partial charge in [-0.3, -0.25) is 4.79 Å². The van der Waals surface area contributed by atoms with Gasteiger partial charge in [0.15, 0.2) is 5.13 Å². The highest BCUT2D eigenvalue weighted by Gasteiger charge is 2.39. The van der Waals surface area contributed by atoms with Crippen LogP contribution in [0.2, 0.25) is 5.02 Å². The number of nitrogens with zero attached hydrogens (tertiary/aromatic N) is 2. The van der Waals surface area contributed by atoms with Gasteiger partial charge in [0.05, 0.1) is 17.9 Å². The molecular weight excluding hydrogens is 499 g/mol. The molecule has 1 saturated heterocycles. The molecular formula is C28H32ClFN2O3S. The van der Waals surface area contributed by atoms with Crippen LogP contribution in [0.4, 0.5) is 9.52 Å². The number of benzene rings is 2. The number of aromatic nitrogens is 1. The van der Waals surface area contributed by atoms with Crippen molar-refractivity contribution in [2.45, 2.75) is 46.0 Å². The molecule has 192 valence electrons. The molecule has 36 heavy (non-hydrogen) atoms. The number of aliphatic carboxylic acids is 1. The maximum Gasteiger partial charge on any atom is 0.307 e. The van der Waals surface area contributed by atoms with Gasteiger partial charge in [-0.15, -0.1) is 0 Å². The molecule has 1 N–H and O–H groups in total. The molecule has 0 aliphatic carbocycles. The smallest absolute Gasteiger partial charge is 0.307 e. The third-order valence-electron chi connectivity index (χ3n) is 7.45. The third kappa shape index (κ3) is 6.37. The normalized spacial score (nSPS) is 16.1. The molecule has 0 radical (unpaired) electrons. The van der Waals surface area contributed by atoms with Gasteiger partial charge in [-0.05, 0) is 72.1 Å². The molecule has 3 aromatic rings. The van der Waals surface area contributed by atoms with Crippen LogP contribution in [0.1, 0.15) is 45.1 Å². The number of rotatable bonds is 10. The summed E-state index contributed by atoms with van der Waals surface area (Å²) < 4.78 is 19.7. The van der Waals surface area contributed by atoms with Crippen molar-refractivity contribution in [2.24, 2.45) is 11.3 Å². The molecule has 0 amide bonds. The fraction of sp³-hybridized carbons (Fsp3) is 0.429. The molecule has 2 aromatic carbocycles. The van der Waals surface area contributed by atoms with Crippen molar-refractivity contribution in [3.63, 3.8) is 0 Å². The first-order chi connectivity index (χ1) is 17.3. The van der Waals surface area contributed by atoms with E-state index in [1.54, 1.807) is 41.7 Å². The van der Waals surface area contributed by atoms with Crippen molar-refractivity contribution < 1.29 is 19.0 Å². The van der Waals surface area contributed by atoms with E-state index < -0.39 is 5.97 Å². The van der Waals surface area contributed by atoms with E-state index in [-0.39, 0.29) is 17.7 Å². The van der Waals surface area contributed by atoms with Crippen LogP contribution in [0.15, 0.2) is 48.7 Å². The molecule has 1 aromatic heterocycles. The fourth-order valence-electron chi connectivity index (χ4n) is 5.10. The first kappa shape index (κ1) is 26.4. The lowest BCUT2D eigenvalue weighted by Gasteiger charge is -2.45. The van der Waals surface area contributed by atoms with Crippen molar-refractivity contribution >= 4 is 34.0 Å². The van der Waals surface area contributed by atoms with Crippen molar-refractivity contribution in [3.8, 4) is 16.2 Å². The number of halogens is 2. The zero-order valence-electron chi connectivity index (χ0n) is 20.7. The predicted molar refractivity (Wildman–Crippen MR) is 144 cm³/mol. The topological polar surface area (TPSA) is 62.7 Å². The Bertz CT molecular complexity index is 1190. The number of piperidine rings is 1. The monoisotopic (exact) mass is 530 g/mol. The number of carbonyl (C=O) groups is 1. The van der Waals surface area contributed by atoms with Crippen LogP contribution in [0.25, 0.3) is 10.4 Å². The van der Waals surface area contributed by atoms with Crippen LogP contribution >= 0.6 is 22.9 Å². The molecule has 1 aliphatic heterocycles. The van der Waals surface area contributed by atoms with Gasteiger partial charge in [0.2, 0.25) is 0 Å². The summed E-state index contributed by atoms with van der Waals surface area (Å²) in [5.41, 5.74) is 1.65. The molecule has 5 nitrogen and oxygen atoms in total. The van der Waals surface area contributed by atoms with Gasteiger partial charge in [-0.1, -0.05) is 55.3 Å². The zero-order valence-corrected chi connectivity index (χ0v) is 22.2. The Balaban J connectivity index is 1.39. The average molecular weight is 531 g/mol. The van der Waals surface area contributed by atoms with Crippen LogP contribution in [0.3, 0.4) is 0 Å². The van der Waals surface area contributed by atoms with E-state index in [2.05, 4.69) is 23.7 Å². The first-order valence-corrected chi connectivity index (χ1v) is 13.6. The van der Waals surface area contributed by atoms with E-state index in [1.807, 2.05) is 12.3 Å². The standard InChI is InChI=1S/C28H32ClFN2O3S/c1-3-19(2)28(9-12-35-24-14-20(15-26(33)34)13-22(29)17-24)7-10-32(11-8-28)27-31-18-25(36-27)21-5-4-6-23(30)16-21/h4-6,13-14,16-19H,3,7-12,15H2,1-2H3,(H,33,34). The Labute approximate surface area is 220 Å². The number of thiazole rings is 1. The summed E-state index contributed by atoms with van der Waals surface area (Å²) in [6.07, 6.45) is 5.86. The van der Waals surface area contributed by atoms with E-state index in [4.69, 9.17) is 21.4 Å². The summed E-state index contributed by atoms with van der Waals surface area (Å²) in [5, 5.41) is 10.5. The number of ether oxygens (including phenoxy) is 1. The Morgan fingerprint density at radius 3 is 2.75 bits per heavy atom. The Hall–Kier alpha value is -2.64. The summed E-state index contributed by atoms with van der Waals surface area (Å²) in [4.78, 5) is 19.0. The molecule has 0 saturated carbocycles. The second kappa shape index (κ2) is 11.6. The van der Waals surface area contributed by atoms with Crippen molar-refractivity contribution in [3.05, 3.63) is 65.1 Å². The molecule has 0 bridgehead atoms. The molecule has 1 fully saturated rings. The lowest BCUT2D eigenvalue weighted by Crippen LogP contribution is -2.44. The van der Waals surface area contributed by atoms with Gasteiger partial charge < -0.3 is 14.7 Å². The lowest BCUT2D eigenvalue weighted by molar-refractivity contribution is -0.136. The second-order valence-electron chi connectivity index (χ2n) is 9.64. The third-order valence-corrected chi connectivity index (χ3v) is 8.77. The highest BCUT2D eigenvalue weighted by Crippen LogP contribution is 2.45. The summed E-state index contributed by atoms with van der Waals surface area (Å²) in [5.74, 6) is 0.0262. The van der Waals surface area contributed by atoms with Crippen molar-refractivity contribution in [1.29, 1.82) is 0 Å². The Kier molecular flexibility index (Phi) is 8.52. The molecule has 4 rings (SSSR count). The highest BCUT2D eigenvalue weighted by molar-refractivity contribution is 7.18. The molecule has 1 aliphatic rings. The zero-order chi connectivity index (χ0) is 25.7. The minimum atomic E-state index is -0.894. The quantitative estimate of drug-likeness (QED) is 0.297. The first-order valence-electron chi connectivity index (χ1n) is 12.4. The molecule has 8 heteroatoms. The van der Waals surface area contributed by atoms with E-state index in [0.29, 0.717) is 28.9 Å². The van der Waals surface area contributed by atoms with Gasteiger partial charge in [0.25, 0.3) is 0 Å². The van der Waals surface area contributed by atoms with Gasteiger partial charge in [-0.2, -0.15) is 0 Å². The summed E-state index contributed by atoms with van der Waals surface area (Å²) >= 11 is 7.79. The number of carboxylic acid groups (broad SMARTS) is 1. The van der Waals surface area contributed by atoms with E-state index >= 15 is 0 Å². The van der Waals surface area contributed by atoms with Crippen LogP contribution in [0, 0.1) is 17.2 Å². The Morgan fingerprint density at radius 2 is 2.06 bits per heavy atom. The SMILES string of the molecule is CCC(C)C1(CCOc2cc(Cl)cc(CC(=O)O)c2)CCN(c2ncc(-c3cccc(F)c3)s2)CC1. The van der Waals surface area contributed by atoms with Crippen molar-refractivity contribution in [1.82, 2.24) is 4.98 Å². The van der Waals surface area contributed by atoms with Crippen LogP contribution < -0.4 is 9.64 Å². The Morgan fingerprint density at radius 1 is 1.28 bits per heavy atom. The minimum absolute atomic E-state index is 0.0821. The molecule has 0 spiro atoms. The minimum Gasteiger partial charge on any atom is -0.494 e. The van der Waals surface area contributed by atoms with E-state index in [0.717, 1.165) is 54.3 Å². The van der Waals surface area contributed by atoms with E-state index in [1.165, 1.54) is 6.07 Å². The summed E-state index contributed by atoms with van der Waals surface area (Å²) in [6.45, 7) is 6.95. The van der Waals surface area contributed by atoms with Gasteiger partial charge in [0, 0.05) is 24.3 Å². The lowest BCUT2D eigenvalue weighted by atomic mass is 9.66. The maximum absolute atomic E-state index is 13.6. The second-order valence-corrected chi connectivity index (χ2v) is 11.1. The van der Waals surface area contributed by atoms with Crippen LogP contribution in [-0.2, 0) is 11.2 Å². The highest BCUT2D eigenvalue weighted by atomic mass is 35.5. The predicted octanol–water partition coefficient (Wildman–Crippen LogP) is 7.33. The van der Waals surface area contributed by atoms with Gasteiger partial charge in [0.1, 0.15) is 11.6 Å².